The van der Waals surface area contributed by atoms with Gasteiger partial charge in [0.1, 0.15) is 12.1 Å². The van der Waals surface area contributed by atoms with Crippen LogP contribution < -0.4 is 15.4 Å². The maximum absolute atomic E-state index is 5.44. The van der Waals surface area contributed by atoms with Crippen molar-refractivity contribution in [2.45, 2.75) is 19.9 Å². The van der Waals surface area contributed by atoms with E-state index in [2.05, 4.69) is 20.6 Å². The fourth-order valence-corrected chi connectivity index (χ4v) is 1.87. The third-order valence-electron chi connectivity index (χ3n) is 2.83. The summed E-state index contributed by atoms with van der Waals surface area (Å²) in [7, 11) is 0. The first-order valence-electron chi connectivity index (χ1n) is 6.30. The molecule has 1 aliphatic heterocycles. The SMILES string of the molecule is CCOc1ncnc(NCC2COCCN2)c1C. The van der Waals surface area contributed by atoms with E-state index in [-0.39, 0.29) is 0 Å². The van der Waals surface area contributed by atoms with E-state index in [0.29, 0.717) is 18.5 Å². The Morgan fingerprint density at radius 1 is 1.56 bits per heavy atom. The molecule has 1 atom stereocenters. The van der Waals surface area contributed by atoms with Crippen LogP contribution in [0.4, 0.5) is 5.82 Å². The molecule has 6 heteroatoms. The number of nitrogens with zero attached hydrogens (tertiary/aromatic N) is 2. The largest absolute Gasteiger partial charge is 0.478 e. The topological polar surface area (TPSA) is 68.3 Å². The first-order valence-corrected chi connectivity index (χ1v) is 6.30. The lowest BCUT2D eigenvalue weighted by Gasteiger charge is -2.24. The smallest absolute Gasteiger partial charge is 0.221 e. The third-order valence-corrected chi connectivity index (χ3v) is 2.83. The predicted molar refractivity (Wildman–Crippen MR) is 69.0 cm³/mol. The van der Waals surface area contributed by atoms with Gasteiger partial charge in [0.05, 0.1) is 25.4 Å². The number of hydrogen-bond donors (Lipinski definition) is 2. The minimum atomic E-state index is 0.323. The van der Waals surface area contributed by atoms with Gasteiger partial charge in [0.2, 0.25) is 5.88 Å². The molecule has 1 saturated heterocycles. The standard InChI is InChI=1S/C12H20N4O2/c1-3-18-12-9(2)11(15-8-16-12)14-6-10-7-17-5-4-13-10/h8,10,13H,3-7H2,1-2H3,(H,14,15,16). The summed E-state index contributed by atoms with van der Waals surface area (Å²) in [5, 5.41) is 6.69. The number of nitrogens with one attached hydrogen (secondary N) is 2. The van der Waals surface area contributed by atoms with Crippen molar-refractivity contribution in [2.24, 2.45) is 0 Å². The van der Waals surface area contributed by atoms with Crippen molar-refractivity contribution in [3.8, 4) is 5.88 Å². The second-order valence-electron chi connectivity index (χ2n) is 4.19. The first kappa shape index (κ1) is 13.0. The number of ether oxygens (including phenoxy) is 2. The van der Waals surface area contributed by atoms with E-state index in [1.54, 1.807) is 0 Å². The maximum atomic E-state index is 5.44. The minimum Gasteiger partial charge on any atom is -0.478 e. The molecule has 0 saturated carbocycles. The van der Waals surface area contributed by atoms with Crippen LogP contribution >= 0.6 is 0 Å². The van der Waals surface area contributed by atoms with Crippen molar-refractivity contribution in [3.05, 3.63) is 11.9 Å². The van der Waals surface area contributed by atoms with Crippen LogP contribution in [0.15, 0.2) is 6.33 Å². The molecule has 0 aromatic carbocycles. The van der Waals surface area contributed by atoms with E-state index in [1.807, 2.05) is 13.8 Å². The third kappa shape index (κ3) is 3.30. The molecule has 1 unspecified atom stereocenters. The Labute approximate surface area is 107 Å². The fourth-order valence-electron chi connectivity index (χ4n) is 1.87. The highest BCUT2D eigenvalue weighted by Crippen LogP contribution is 2.20. The van der Waals surface area contributed by atoms with E-state index >= 15 is 0 Å². The van der Waals surface area contributed by atoms with Crippen molar-refractivity contribution in [2.75, 3.05) is 38.2 Å². The van der Waals surface area contributed by atoms with Crippen LogP contribution in [-0.2, 0) is 4.74 Å². The van der Waals surface area contributed by atoms with Crippen LogP contribution in [0.1, 0.15) is 12.5 Å². The van der Waals surface area contributed by atoms with Gasteiger partial charge in [-0.15, -0.1) is 0 Å². The molecular weight excluding hydrogens is 232 g/mol. The normalized spacial score (nSPS) is 19.6. The molecular formula is C12H20N4O2. The number of rotatable bonds is 5. The Bertz CT molecular complexity index is 380. The van der Waals surface area contributed by atoms with E-state index in [9.17, 15) is 0 Å². The summed E-state index contributed by atoms with van der Waals surface area (Å²) in [6.45, 7) is 7.71. The van der Waals surface area contributed by atoms with E-state index in [0.717, 1.165) is 37.7 Å². The summed E-state index contributed by atoms with van der Waals surface area (Å²) < 4.78 is 10.8. The quantitative estimate of drug-likeness (QED) is 0.799. The Kier molecular flexibility index (Phi) is 4.72. The van der Waals surface area contributed by atoms with Crippen LogP contribution in [0, 0.1) is 6.92 Å². The van der Waals surface area contributed by atoms with Gasteiger partial charge in [0, 0.05) is 19.1 Å². The predicted octanol–water partition coefficient (Wildman–Crippen LogP) is 0.584. The zero-order valence-electron chi connectivity index (χ0n) is 10.9. The zero-order chi connectivity index (χ0) is 12.8. The van der Waals surface area contributed by atoms with E-state index in [4.69, 9.17) is 9.47 Å². The molecule has 2 heterocycles. The molecule has 0 spiro atoms. The molecule has 6 nitrogen and oxygen atoms in total. The van der Waals surface area contributed by atoms with Crippen LogP contribution in [0.25, 0.3) is 0 Å². The molecule has 2 N–H and O–H groups in total. The van der Waals surface area contributed by atoms with E-state index < -0.39 is 0 Å². The molecule has 1 aromatic rings. The summed E-state index contributed by atoms with van der Waals surface area (Å²) in [4.78, 5) is 8.34. The minimum absolute atomic E-state index is 0.323. The average Bonchev–Trinajstić information content (AvgIpc) is 2.41. The van der Waals surface area contributed by atoms with Gasteiger partial charge in [-0.05, 0) is 13.8 Å². The summed E-state index contributed by atoms with van der Waals surface area (Å²) in [5.74, 6) is 1.46. The van der Waals surface area contributed by atoms with Gasteiger partial charge in [0.25, 0.3) is 0 Å². The molecule has 0 aliphatic carbocycles. The Hall–Kier alpha value is -1.40. The highest BCUT2D eigenvalue weighted by atomic mass is 16.5. The Balaban J connectivity index is 1.93. The second kappa shape index (κ2) is 6.51. The van der Waals surface area contributed by atoms with Crippen molar-refractivity contribution in [3.63, 3.8) is 0 Å². The molecule has 0 amide bonds. The second-order valence-corrected chi connectivity index (χ2v) is 4.19. The van der Waals surface area contributed by atoms with Gasteiger partial charge < -0.3 is 20.1 Å². The lowest BCUT2D eigenvalue weighted by molar-refractivity contribution is 0.0806. The van der Waals surface area contributed by atoms with Gasteiger partial charge in [-0.25, -0.2) is 9.97 Å². The van der Waals surface area contributed by atoms with Crippen LogP contribution in [0.3, 0.4) is 0 Å². The average molecular weight is 252 g/mol. The van der Waals surface area contributed by atoms with Gasteiger partial charge in [-0.3, -0.25) is 0 Å². The summed E-state index contributed by atoms with van der Waals surface area (Å²) >= 11 is 0. The molecule has 0 bridgehead atoms. The lowest BCUT2D eigenvalue weighted by Crippen LogP contribution is -2.45. The highest BCUT2D eigenvalue weighted by molar-refractivity contribution is 5.47. The van der Waals surface area contributed by atoms with Crippen LogP contribution in [0.5, 0.6) is 5.88 Å². The van der Waals surface area contributed by atoms with E-state index in [1.165, 1.54) is 6.33 Å². The number of anilines is 1. The van der Waals surface area contributed by atoms with Crippen molar-refractivity contribution < 1.29 is 9.47 Å². The van der Waals surface area contributed by atoms with Crippen molar-refractivity contribution >= 4 is 5.82 Å². The zero-order valence-corrected chi connectivity index (χ0v) is 10.9. The molecule has 2 rings (SSSR count). The first-order chi connectivity index (χ1) is 8.81. The molecule has 0 radical (unpaired) electrons. The monoisotopic (exact) mass is 252 g/mol. The van der Waals surface area contributed by atoms with Gasteiger partial charge in [0.15, 0.2) is 0 Å². The highest BCUT2D eigenvalue weighted by Gasteiger charge is 2.14. The number of aromatic nitrogens is 2. The lowest BCUT2D eigenvalue weighted by atomic mass is 10.2. The van der Waals surface area contributed by atoms with Crippen LogP contribution in [-0.4, -0.2) is 48.9 Å². The Morgan fingerprint density at radius 3 is 3.17 bits per heavy atom. The molecule has 100 valence electrons. The van der Waals surface area contributed by atoms with Gasteiger partial charge in [-0.1, -0.05) is 0 Å². The van der Waals surface area contributed by atoms with Crippen molar-refractivity contribution in [1.82, 2.24) is 15.3 Å². The van der Waals surface area contributed by atoms with Gasteiger partial charge >= 0.3 is 0 Å². The molecule has 18 heavy (non-hydrogen) atoms. The van der Waals surface area contributed by atoms with Crippen LogP contribution in [0.2, 0.25) is 0 Å². The van der Waals surface area contributed by atoms with Crippen molar-refractivity contribution in [1.29, 1.82) is 0 Å². The number of morpholine rings is 1. The summed E-state index contributed by atoms with van der Waals surface area (Å²) in [6.07, 6.45) is 1.52. The fraction of sp³-hybridized carbons (Fsp3) is 0.667. The summed E-state index contributed by atoms with van der Waals surface area (Å²) in [5.41, 5.74) is 0.941. The van der Waals surface area contributed by atoms with Gasteiger partial charge in [-0.2, -0.15) is 0 Å². The Morgan fingerprint density at radius 2 is 2.44 bits per heavy atom. The molecule has 1 aliphatic rings. The maximum Gasteiger partial charge on any atom is 0.221 e. The summed E-state index contributed by atoms with van der Waals surface area (Å²) in [6, 6.07) is 0.323. The number of hydrogen-bond acceptors (Lipinski definition) is 6. The molecule has 1 aromatic heterocycles. The molecule has 1 fully saturated rings.